The second-order valence-electron chi connectivity index (χ2n) is 3.83. The maximum Gasteiger partial charge on any atom is 0.148 e. The SMILES string of the molecule is CCNc1c(N)cnc2c(C)cc(Br)c(F)c12. The Kier molecular flexibility index (Phi) is 3.19. The molecule has 3 nitrogen and oxygen atoms in total. The summed E-state index contributed by atoms with van der Waals surface area (Å²) in [5.74, 6) is -0.332. The standard InChI is InChI=1S/C12H13BrFN3/c1-3-16-12-8(15)5-17-11-6(2)4-7(13)10(14)9(11)12/h4-5H,3,15H2,1-2H3,(H,16,17). The number of aryl methyl sites for hydroxylation is 1. The van der Waals surface area contributed by atoms with E-state index in [-0.39, 0.29) is 5.82 Å². The Morgan fingerprint density at radius 3 is 2.88 bits per heavy atom. The third-order valence-corrected chi connectivity index (χ3v) is 3.18. The van der Waals surface area contributed by atoms with Crippen LogP contribution in [0.2, 0.25) is 0 Å². The number of anilines is 2. The number of hydrogen-bond acceptors (Lipinski definition) is 3. The van der Waals surface area contributed by atoms with Gasteiger partial charge < -0.3 is 11.1 Å². The lowest BCUT2D eigenvalue weighted by Gasteiger charge is -2.13. The van der Waals surface area contributed by atoms with Crippen molar-refractivity contribution in [2.75, 3.05) is 17.6 Å². The number of nitrogens with one attached hydrogen (secondary N) is 1. The molecular formula is C12H13BrFN3. The van der Waals surface area contributed by atoms with Gasteiger partial charge >= 0.3 is 0 Å². The largest absolute Gasteiger partial charge is 0.396 e. The van der Waals surface area contributed by atoms with Gasteiger partial charge in [-0.2, -0.15) is 0 Å². The first-order chi connectivity index (χ1) is 8.06. The van der Waals surface area contributed by atoms with Crippen molar-refractivity contribution in [3.63, 3.8) is 0 Å². The topological polar surface area (TPSA) is 50.9 Å². The number of pyridine rings is 1. The van der Waals surface area contributed by atoms with Gasteiger partial charge in [0.15, 0.2) is 0 Å². The van der Waals surface area contributed by atoms with E-state index < -0.39 is 0 Å². The molecule has 0 spiro atoms. The Balaban J connectivity index is 2.91. The van der Waals surface area contributed by atoms with Crippen molar-refractivity contribution in [2.45, 2.75) is 13.8 Å². The summed E-state index contributed by atoms with van der Waals surface area (Å²) in [5, 5.41) is 3.53. The minimum atomic E-state index is -0.332. The van der Waals surface area contributed by atoms with Crippen LogP contribution in [0, 0.1) is 12.7 Å². The van der Waals surface area contributed by atoms with Crippen LogP contribution >= 0.6 is 15.9 Å². The van der Waals surface area contributed by atoms with Crippen LogP contribution in [0.25, 0.3) is 10.9 Å². The fourth-order valence-electron chi connectivity index (χ4n) is 1.85. The highest BCUT2D eigenvalue weighted by atomic mass is 79.9. The molecule has 0 amide bonds. The number of benzene rings is 1. The molecule has 0 atom stereocenters. The van der Waals surface area contributed by atoms with Crippen LogP contribution < -0.4 is 11.1 Å². The van der Waals surface area contributed by atoms with E-state index in [4.69, 9.17) is 5.73 Å². The van der Waals surface area contributed by atoms with E-state index in [0.29, 0.717) is 33.3 Å². The molecule has 0 saturated carbocycles. The van der Waals surface area contributed by atoms with E-state index in [1.54, 1.807) is 12.3 Å². The number of nitrogen functional groups attached to an aromatic ring is 1. The molecule has 0 radical (unpaired) electrons. The van der Waals surface area contributed by atoms with Gasteiger partial charge in [0.1, 0.15) is 5.82 Å². The van der Waals surface area contributed by atoms with Crippen molar-refractivity contribution in [1.29, 1.82) is 0 Å². The second kappa shape index (κ2) is 4.49. The summed E-state index contributed by atoms with van der Waals surface area (Å²) >= 11 is 3.21. The second-order valence-corrected chi connectivity index (χ2v) is 4.69. The maximum absolute atomic E-state index is 14.2. The van der Waals surface area contributed by atoms with Crippen LogP contribution in [0.15, 0.2) is 16.7 Å². The zero-order valence-corrected chi connectivity index (χ0v) is 11.2. The average molecular weight is 298 g/mol. The van der Waals surface area contributed by atoms with Crippen molar-refractivity contribution in [2.24, 2.45) is 0 Å². The molecule has 0 aliphatic rings. The molecule has 0 saturated heterocycles. The van der Waals surface area contributed by atoms with Gasteiger partial charge in [-0.25, -0.2) is 4.39 Å². The summed E-state index contributed by atoms with van der Waals surface area (Å²) in [4.78, 5) is 4.20. The molecule has 5 heteroatoms. The van der Waals surface area contributed by atoms with Gasteiger partial charge in [0.2, 0.25) is 0 Å². The van der Waals surface area contributed by atoms with E-state index in [2.05, 4.69) is 26.2 Å². The number of nitrogens with two attached hydrogens (primary N) is 1. The monoisotopic (exact) mass is 297 g/mol. The molecule has 2 rings (SSSR count). The summed E-state index contributed by atoms with van der Waals surface area (Å²) in [7, 11) is 0. The van der Waals surface area contributed by atoms with Crippen molar-refractivity contribution < 1.29 is 4.39 Å². The van der Waals surface area contributed by atoms with Gasteiger partial charge in [-0.15, -0.1) is 0 Å². The smallest absolute Gasteiger partial charge is 0.148 e. The number of nitrogens with zero attached hydrogens (tertiary/aromatic N) is 1. The normalized spacial score (nSPS) is 10.8. The van der Waals surface area contributed by atoms with Crippen LogP contribution in [-0.2, 0) is 0 Å². The first-order valence-corrected chi connectivity index (χ1v) is 6.12. The molecule has 1 heterocycles. The first kappa shape index (κ1) is 12.1. The number of halogens is 2. The minimum Gasteiger partial charge on any atom is -0.396 e. The average Bonchev–Trinajstić information content (AvgIpc) is 2.29. The van der Waals surface area contributed by atoms with Gasteiger partial charge in [0.05, 0.1) is 32.9 Å². The van der Waals surface area contributed by atoms with Crippen LogP contribution in [0.1, 0.15) is 12.5 Å². The van der Waals surface area contributed by atoms with Crippen LogP contribution in [-0.4, -0.2) is 11.5 Å². The molecule has 0 aliphatic carbocycles. The van der Waals surface area contributed by atoms with Gasteiger partial charge in [-0.05, 0) is 41.4 Å². The molecule has 17 heavy (non-hydrogen) atoms. The third-order valence-electron chi connectivity index (χ3n) is 2.61. The van der Waals surface area contributed by atoms with E-state index in [1.807, 2.05) is 13.8 Å². The molecule has 90 valence electrons. The van der Waals surface area contributed by atoms with Crippen molar-refractivity contribution in [1.82, 2.24) is 4.98 Å². The molecular weight excluding hydrogens is 285 g/mol. The van der Waals surface area contributed by atoms with E-state index in [0.717, 1.165) is 5.56 Å². The Morgan fingerprint density at radius 2 is 2.24 bits per heavy atom. The lowest BCUT2D eigenvalue weighted by molar-refractivity contribution is 0.633. The van der Waals surface area contributed by atoms with E-state index >= 15 is 0 Å². The van der Waals surface area contributed by atoms with Gasteiger partial charge in [0.25, 0.3) is 0 Å². The molecule has 3 N–H and O–H groups in total. The summed E-state index contributed by atoms with van der Waals surface area (Å²) in [6.07, 6.45) is 1.56. The van der Waals surface area contributed by atoms with Crippen molar-refractivity contribution in [3.05, 3.63) is 28.1 Å². The van der Waals surface area contributed by atoms with Crippen LogP contribution in [0.3, 0.4) is 0 Å². The summed E-state index contributed by atoms with van der Waals surface area (Å²) < 4.78 is 14.6. The maximum atomic E-state index is 14.2. The quantitative estimate of drug-likeness (QED) is 0.892. The first-order valence-electron chi connectivity index (χ1n) is 5.33. The van der Waals surface area contributed by atoms with Crippen LogP contribution in [0.4, 0.5) is 15.8 Å². The highest BCUT2D eigenvalue weighted by Crippen LogP contribution is 2.35. The molecule has 0 fully saturated rings. The molecule has 1 aromatic heterocycles. The fourth-order valence-corrected chi connectivity index (χ4v) is 2.39. The Labute approximate surface area is 107 Å². The van der Waals surface area contributed by atoms with Crippen molar-refractivity contribution >= 4 is 38.2 Å². The van der Waals surface area contributed by atoms with E-state index in [9.17, 15) is 4.39 Å². The molecule has 0 bridgehead atoms. The Morgan fingerprint density at radius 1 is 1.53 bits per heavy atom. The summed E-state index contributed by atoms with van der Waals surface area (Å²) in [6, 6.07) is 1.72. The third kappa shape index (κ3) is 1.95. The predicted octanol–water partition coefficient (Wildman–Crippen LogP) is 3.46. The van der Waals surface area contributed by atoms with E-state index in [1.165, 1.54) is 0 Å². The van der Waals surface area contributed by atoms with Gasteiger partial charge in [-0.1, -0.05) is 0 Å². The number of fused-ring (bicyclic) bond motifs is 1. The highest BCUT2D eigenvalue weighted by Gasteiger charge is 2.15. The van der Waals surface area contributed by atoms with Crippen molar-refractivity contribution in [3.8, 4) is 0 Å². The number of aromatic nitrogens is 1. The van der Waals surface area contributed by atoms with Gasteiger partial charge in [-0.3, -0.25) is 4.98 Å². The highest BCUT2D eigenvalue weighted by molar-refractivity contribution is 9.10. The summed E-state index contributed by atoms with van der Waals surface area (Å²) in [5.41, 5.74) is 8.44. The molecule has 2 aromatic rings. The van der Waals surface area contributed by atoms with Crippen LogP contribution in [0.5, 0.6) is 0 Å². The zero-order valence-electron chi connectivity index (χ0n) is 9.64. The molecule has 0 unspecified atom stereocenters. The fraction of sp³-hybridized carbons (Fsp3) is 0.250. The molecule has 0 aliphatic heterocycles. The minimum absolute atomic E-state index is 0.332. The lowest BCUT2D eigenvalue weighted by Crippen LogP contribution is -2.04. The Bertz CT molecular complexity index is 584. The lowest BCUT2D eigenvalue weighted by atomic mass is 10.1. The Hall–Kier alpha value is -1.36. The molecule has 1 aromatic carbocycles. The summed E-state index contributed by atoms with van der Waals surface area (Å²) in [6.45, 7) is 4.51. The number of hydrogen-bond donors (Lipinski definition) is 2. The number of rotatable bonds is 2. The predicted molar refractivity (Wildman–Crippen MR) is 72.7 cm³/mol. The van der Waals surface area contributed by atoms with Gasteiger partial charge in [0, 0.05) is 6.54 Å². The zero-order chi connectivity index (χ0) is 12.6.